The van der Waals surface area contributed by atoms with Crippen LogP contribution >= 0.6 is 11.6 Å². The second kappa shape index (κ2) is 9.69. The van der Waals surface area contributed by atoms with Crippen molar-refractivity contribution in [1.82, 2.24) is 19.6 Å². The quantitative estimate of drug-likeness (QED) is 0.351. The number of hydrogen-bond donors (Lipinski definition) is 3. The highest BCUT2D eigenvalue weighted by Gasteiger charge is 2.32. The Morgan fingerprint density at radius 3 is 2.44 bits per heavy atom. The van der Waals surface area contributed by atoms with Crippen molar-refractivity contribution in [3.8, 4) is 0 Å². The van der Waals surface area contributed by atoms with Crippen LogP contribution in [0.1, 0.15) is 68.3 Å². The van der Waals surface area contributed by atoms with Crippen molar-refractivity contribution in [2.75, 3.05) is 16.0 Å². The van der Waals surface area contributed by atoms with E-state index in [1.165, 1.54) is 0 Å². The summed E-state index contributed by atoms with van der Waals surface area (Å²) in [5, 5.41) is 15.0. The van der Waals surface area contributed by atoms with Crippen molar-refractivity contribution >= 4 is 46.1 Å². The molecule has 3 aromatic rings. The summed E-state index contributed by atoms with van der Waals surface area (Å²) in [7, 11) is 0. The van der Waals surface area contributed by atoms with Crippen molar-refractivity contribution in [1.29, 1.82) is 0 Å². The first-order chi connectivity index (χ1) is 17.5. The zero-order valence-corrected chi connectivity index (χ0v) is 20.8. The summed E-state index contributed by atoms with van der Waals surface area (Å²) in [5.74, 6) is 1.71. The first kappa shape index (κ1) is 23.2. The van der Waals surface area contributed by atoms with Crippen LogP contribution in [0.4, 0.5) is 17.2 Å². The maximum absolute atomic E-state index is 13.1. The van der Waals surface area contributed by atoms with Crippen LogP contribution in [-0.4, -0.2) is 43.4 Å². The zero-order valence-electron chi connectivity index (χ0n) is 20.0. The van der Waals surface area contributed by atoms with Gasteiger partial charge in [-0.25, -0.2) is 14.5 Å². The van der Waals surface area contributed by atoms with Crippen LogP contribution in [0.2, 0.25) is 5.15 Å². The molecule has 188 valence electrons. The van der Waals surface area contributed by atoms with Crippen LogP contribution in [-0.2, 0) is 4.79 Å². The molecule has 3 aromatic heterocycles. The average Bonchev–Trinajstić information content (AvgIpc) is 3.79. The minimum atomic E-state index is -0.326. The fourth-order valence-electron chi connectivity index (χ4n) is 5.00. The fourth-order valence-corrected chi connectivity index (χ4v) is 5.17. The number of Topliss-reactive ketones (excluding diaryl/α,β-unsaturated/α-hetero) is 1. The molecule has 3 heterocycles. The number of halogens is 1. The SMILES string of the molecule is O=C(Nc1ccnc(Cl)c1)c1cnc2c(NC3CC3)cc(NC3CCC(CC(=O)C4CC4)CC3)nn12. The van der Waals surface area contributed by atoms with Gasteiger partial charge in [-0.05, 0) is 69.4 Å². The second-order valence-corrected chi connectivity index (χ2v) is 10.8. The molecule has 0 aromatic carbocycles. The highest BCUT2D eigenvalue weighted by Crippen LogP contribution is 2.36. The highest BCUT2D eigenvalue weighted by atomic mass is 35.5. The van der Waals surface area contributed by atoms with E-state index in [0.29, 0.717) is 51.7 Å². The van der Waals surface area contributed by atoms with Gasteiger partial charge in [-0.15, -0.1) is 5.10 Å². The number of ketones is 1. The first-order valence-corrected chi connectivity index (χ1v) is 13.3. The van der Waals surface area contributed by atoms with Crippen LogP contribution in [0.3, 0.4) is 0 Å². The molecule has 3 fully saturated rings. The number of imidazole rings is 1. The Morgan fingerprint density at radius 1 is 0.972 bits per heavy atom. The fraction of sp³-hybridized carbons (Fsp3) is 0.500. The maximum atomic E-state index is 13.1. The van der Waals surface area contributed by atoms with Gasteiger partial charge in [0.15, 0.2) is 11.3 Å². The van der Waals surface area contributed by atoms with E-state index in [1.807, 2.05) is 6.07 Å². The van der Waals surface area contributed by atoms with E-state index < -0.39 is 0 Å². The van der Waals surface area contributed by atoms with E-state index in [0.717, 1.165) is 63.5 Å². The lowest BCUT2D eigenvalue weighted by atomic mass is 9.82. The predicted octanol–water partition coefficient (Wildman–Crippen LogP) is 4.94. The van der Waals surface area contributed by atoms with E-state index >= 15 is 0 Å². The van der Waals surface area contributed by atoms with Crippen molar-refractivity contribution in [3.05, 3.63) is 41.4 Å². The zero-order chi connectivity index (χ0) is 24.6. The summed E-state index contributed by atoms with van der Waals surface area (Å²) < 4.78 is 1.60. The van der Waals surface area contributed by atoms with Crippen LogP contribution in [0.25, 0.3) is 5.65 Å². The summed E-state index contributed by atoms with van der Waals surface area (Å²) in [5.41, 5.74) is 2.37. The lowest BCUT2D eigenvalue weighted by molar-refractivity contribution is -0.121. The minimum absolute atomic E-state index is 0.288. The number of carbonyl (C=O) groups excluding carboxylic acids is 2. The third kappa shape index (κ3) is 5.31. The lowest BCUT2D eigenvalue weighted by Gasteiger charge is -2.29. The van der Waals surface area contributed by atoms with Gasteiger partial charge < -0.3 is 16.0 Å². The van der Waals surface area contributed by atoms with Gasteiger partial charge in [-0.2, -0.15) is 0 Å². The first-order valence-electron chi connectivity index (χ1n) is 12.9. The number of amides is 1. The molecule has 6 rings (SSSR count). The Bertz CT molecular complexity index is 1290. The summed E-state index contributed by atoms with van der Waals surface area (Å²) >= 11 is 5.96. The third-order valence-electron chi connectivity index (χ3n) is 7.34. The highest BCUT2D eigenvalue weighted by molar-refractivity contribution is 6.29. The number of aromatic nitrogens is 4. The van der Waals surface area contributed by atoms with Gasteiger partial charge in [0, 0.05) is 42.4 Å². The molecule has 0 spiro atoms. The molecular weight excluding hydrogens is 478 g/mol. The van der Waals surface area contributed by atoms with Gasteiger partial charge in [0.05, 0.1) is 11.9 Å². The number of carbonyl (C=O) groups is 2. The van der Waals surface area contributed by atoms with E-state index in [9.17, 15) is 9.59 Å². The van der Waals surface area contributed by atoms with Gasteiger partial charge in [0.25, 0.3) is 5.91 Å². The number of pyridine rings is 1. The van der Waals surface area contributed by atoms with Gasteiger partial charge in [-0.3, -0.25) is 9.59 Å². The number of fused-ring (bicyclic) bond motifs is 1. The second-order valence-electron chi connectivity index (χ2n) is 10.4. The van der Waals surface area contributed by atoms with Gasteiger partial charge >= 0.3 is 0 Å². The number of nitrogens with zero attached hydrogens (tertiary/aromatic N) is 4. The molecule has 0 atom stereocenters. The van der Waals surface area contributed by atoms with E-state index in [4.69, 9.17) is 16.7 Å². The van der Waals surface area contributed by atoms with Crippen molar-refractivity contribution in [2.45, 2.75) is 69.9 Å². The molecular formula is C26H30ClN7O2. The molecule has 3 aliphatic carbocycles. The largest absolute Gasteiger partial charge is 0.379 e. The molecule has 0 radical (unpaired) electrons. The van der Waals surface area contributed by atoms with E-state index in [-0.39, 0.29) is 11.9 Å². The van der Waals surface area contributed by atoms with Crippen LogP contribution < -0.4 is 16.0 Å². The molecule has 3 saturated carbocycles. The summed E-state index contributed by atoms with van der Waals surface area (Å²) in [6, 6.07) is 5.99. The Kier molecular flexibility index (Phi) is 6.25. The van der Waals surface area contributed by atoms with E-state index in [2.05, 4.69) is 25.9 Å². The number of hydrogen-bond acceptors (Lipinski definition) is 7. The maximum Gasteiger partial charge on any atom is 0.276 e. The van der Waals surface area contributed by atoms with Gasteiger partial charge in [0.2, 0.25) is 0 Å². The number of rotatable bonds is 9. The molecule has 0 saturated heterocycles. The van der Waals surface area contributed by atoms with Gasteiger partial charge in [0.1, 0.15) is 16.8 Å². The molecule has 0 unspecified atom stereocenters. The molecule has 3 aliphatic rings. The smallest absolute Gasteiger partial charge is 0.276 e. The lowest BCUT2D eigenvalue weighted by Crippen LogP contribution is -2.28. The summed E-state index contributed by atoms with van der Waals surface area (Å²) in [6.45, 7) is 0. The van der Waals surface area contributed by atoms with Crippen molar-refractivity contribution in [3.63, 3.8) is 0 Å². The monoisotopic (exact) mass is 507 g/mol. The standard InChI is InChI=1S/C26H30ClN7O2/c27-23-12-19(9-10-28-23)32-26(36)21-14-29-25-20(30-17-7-8-17)13-24(33-34(21)25)31-18-5-1-15(2-6-18)11-22(35)16-3-4-16/h9-10,12-18,30H,1-8,11H2,(H,31,33)(H,28,32,36). The summed E-state index contributed by atoms with van der Waals surface area (Å²) in [4.78, 5) is 33.7. The van der Waals surface area contributed by atoms with Crippen LogP contribution in [0.5, 0.6) is 0 Å². The molecule has 0 bridgehead atoms. The van der Waals surface area contributed by atoms with Gasteiger partial charge in [-0.1, -0.05) is 11.6 Å². The Hall–Kier alpha value is -3.20. The molecule has 9 nitrogen and oxygen atoms in total. The van der Waals surface area contributed by atoms with E-state index in [1.54, 1.807) is 29.0 Å². The van der Waals surface area contributed by atoms with Crippen LogP contribution in [0, 0.1) is 11.8 Å². The number of anilines is 3. The van der Waals surface area contributed by atoms with Crippen molar-refractivity contribution in [2.24, 2.45) is 11.8 Å². The molecule has 36 heavy (non-hydrogen) atoms. The average molecular weight is 508 g/mol. The number of nitrogens with one attached hydrogen (secondary N) is 3. The Morgan fingerprint density at radius 2 is 1.72 bits per heavy atom. The third-order valence-corrected chi connectivity index (χ3v) is 7.55. The van der Waals surface area contributed by atoms with Crippen molar-refractivity contribution < 1.29 is 9.59 Å². The minimum Gasteiger partial charge on any atom is -0.379 e. The molecule has 0 aliphatic heterocycles. The Labute approximate surface area is 214 Å². The molecule has 10 heteroatoms. The topological polar surface area (TPSA) is 113 Å². The normalized spacial score (nSPS) is 21.8. The predicted molar refractivity (Wildman–Crippen MR) is 139 cm³/mol. The molecule has 3 N–H and O–H groups in total. The van der Waals surface area contributed by atoms with Crippen LogP contribution in [0.15, 0.2) is 30.6 Å². The molecule has 1 amide bonds. The Balaban J connectivity index is 1.19. The summed E-state index contributed by atoms with van der Waals surface area (Å²) in [6.07, 6.45) is 12.4.